The van der Waals surface area contributed by atoms with Gasteiger partial charge in [-0.15, -0.1) is 11.6 Å². The van der Waals surface area contributed by atoms with Gasteiger partial charge in [0.05, 0.1) is 58.5 Å². The Hall–Kier alpha value is -9.39. The maximum atomic E-state index is 14.4. The van der Waals surface area contributed by atoms with Crippen molar-refractivity contribution in [2.75, 3.05) is 150 Å². The number of H-pyrrole nitrogens is 1. The second-order valence-corrected chi connectivity index (χ2v) is 24.2. The van der Waals surface area contributed by atoms with Gasteiger partial charge in [-0.2, -0.15) is 0 Å². The number of hydrogen-bond donors (Lipinski definition) is 7. The summed E-state index contributed by atoms with van der Waals surface area (Å²) in [5.41, 5.74) is 8.79. The molecule has 0 radical (unpaired) electrons. The first-order chi connectivity index (χ1) is 47.1. The fourth-order valence-electron chi connectivity index (χ4n) is 10.4. The minimum Gasteiger partial charge on any atom is -0.492 e. The summed E-state index contributed by atoms with van der Waals surface area (Å²) in [5.74, 6) is -2.49. The van der Waals surface area contributed by atoms with Crippen LogP contribution >= 0.6 is 11.6 Å². The van der Waals surface area contributed by atoms with Crippen molar-refractivity contribution in [2.24, 2.45) is 11.7 Å². The number of hydrogen-bond acceptors (Lipinski definition) is 18. The van der Waals surface area contributed by atoms with E-state index in [0.29, 0.717) is 60.1 Å². The molecule has 11 amide bonds. The first kappa shape index (κ1) is 76.0. The van der Waals surface area contributed by atoms with Crippen molar-refractivity contribution < 1.29 is 81.1 Å². The molecule has 3 heterocycles. The maximum absolute atomic E-state index is 14.4. The van der Waals surface area contributed by atoms with Gasteiger partial charge < -0.3 is 90.1 Å². The molecule has 29 nitrogen and oxygen atoms in total. The van der Waals surface area contributed by atoms with Crippen molar-refractivity contribution in [3.8, 4) is 11.5 Å². The number of benzene rings is 4. The van der Waals surface area contributed by atoms with E-state index in [1.807, 2.05) is 61.5 Å². The second-order valence-electron chi connectivity index (χ2n) is 23.9. The van der Waals surface area contributed by atoms with Crippen LogP contribution in [0.2, 0.25) is 0 Å². The molecule has 1 aromatic heterocycles. The van der Waals surface area contributed by atoms with Crippen molar-refractivity contribution in [3.63, 3.8) is 0 Å². The van der Waals surface area contributed by atoms with Crippen LogP contribution in [-0.4, -0.2) is 236 Å². The van der Waals surface area contributed by atoms with Crippen LogP contribution in [0.1, 0.15) is 67.1 Å². The van der Waals surface area contributed by atoms with Gasteiger partial charge in [0.2, 0.25) is 23.6 Å². The minimum atomic E-state index is -1.10. The molecule has 8 N–H and O–H groups in total. The Labute approximate surface area is 573 Å². The number of likely N-dealkylation sites (N-methyl/N-ethyl adjacent to an activating group) is 3. The van der Waals surface area contributed by atoms with E-state index in [9.17, 15) is 47.9 Å². The quantitative estimate of drug-likeness (QED) is 0.0157. The number of nitrogens with one attached hydrogen (secondary N) is 6. The summed E-state index contributed by atoms with van der Waals surface area (Å²) >= 11 is 6.57. The topological polar surface area (TPSA) is 353 Å². The number of carbonyl (C=O) groups is 10. The highest BCUT2D eigenvalue weighted by Gasteiger charge is 2.37. The fraction of sp³-hybridized carbons (Fsp3) is 0.471. The monoisotopic (exact) mass is 1380 g/mol. The molecule has 0 spiro atoms. The van der Waals surface area contributed by atoms with Crippen molar-refractivity contribution in [2.45, 2.75) is 64.1 Å². The zero-order valence-corrected chi connectivity index (χ0v) is 56.9. The van der Waals surface area contributed by atoms with Crippen LogP contribution < -0.4 is 46.7 Å². The SMILES string of the molecule is CC(C)[C@H](NC(=O)CCOCCOCCOCCOCCNC(=O)CCN1C(=O)C=CC1=O)C(=O)N[C@H](CCCNC(N)=O)C(=O)Nc1ccc(COC(=O)N(C)CCN(C)C(=O)Oc2cc3c(c4ccccc24)[C@H](CCl)CN3C(=O)c2cc3cc(OCCN(C)C)ccc3[nH]2)cc1. The predicted octanol–water partition coefficient (Wildman–Crippen LogP) is 4.84. The molecule has 98 heavy (non-hydrogen) atoms. The summed E-state index contributed by atoms with van der Waals surface area (Å²) < 4.78 is 39.5. The summed E-state index contributed by atoms with van der Waals surface area (Å²) in [6.45, 7) is 7.37. The highest BCUT2D eigenvalue weighted by molar-refractivity contribution is 6.19. The molecule has 7 rings (SSSR count). The average molecular weight is 1380 g/mol. The van der Waals surface area contributed by atoms with Crippen molar-refractivity contribution in [1.29, 1.82) is 0 Å². The molecule has 0 saturated heterocycles. The number of amides is 11. The number of aromatic nitrogens is 1. The van der Waals surface area contributed by atoms with Crippen LogP contribution in [-0.2, 0) is 59.1 Å². The Morgan fingerprint density at radius 3 is 2.00 bits per heavy atom. The number of ether oxygens (including phenoxy) is 7. The normalized spacial score (nSPS) is 13.9. The maximum Gasteiger partial charge on any atom is 0.415 e. The van der Waals surface area contributed by atoms with E-state index in [4.69, 9.17) is 50.5 Å². The average Bonchev–Trinajstić information content (AvgIpc) is 1.72. The number of primary amides is 1. The lowest BCUT2D eigenvalue weighted by atomic mass is 9.95. The van der Waals surface area contributed by atoms with Crippen LogP contribution in [0.15, 0.2) is 91.0 Å². The van der Waals surface area contributed by atoms with Gasteiger partial charge in [-0.05, 0) is 85.8 Å². The van der Waals surface area contributed by atoms with E-state index >= 15 is 0 Å². The van der Waals surface area contributed by atoms with E-state index in [2.05, 4.69) is 31.6 Å². The van der Waals surface area contributed by atoms with Crippen molar-refractivity contribution in [1.82, 2.24) is 45.9 Å². The zero-order valence-electron chi connectivity index (χ0n) is 56.2. The Morgan fingerprint density at radius 1 is 0.694 bits per heavy atom. The van der Waals surface area contributed by atoms with Gasteiger partial charge in [-0.25, -0.2) is 14.4 Å². The number of nitrogens with zero attached hydrogens (tertiary/aromatic N) is 5. The zero-order chi connectivity index (χ0) is 70.7. The third-order valence-electron chi connectivity index (χ3n) is 15.9. The molecule has 4 aromatic carbocycles. The van der Waals surface area contributed by atoms with Gasteiger partial charge in [0.1, 0.15) is 42.5 Å². The largest absolute Gasteiger partial charge is 0.492 e. The van der Waals surface area contributed by atoms with Crippen LogP contribution in [0.25, 0.3) is 21.7 Å². The van der Waals surface area contributed by atoms with Gasteiger partial charge in [0.15, 0.2) is 0 Å². The molecule has 0 fully saturated rings. The lowest BCUT2D eigenvalue weighted by Crippen LogP contribution is -2.54. The van der Waals surface area contributed by atoms with Gasteiger partial charge in [0.25, 0.3) is 17.7 Å². The molecule has 0 bridgehead atoms. The Balaban J connectivity index is 0.803. The molecular weight excluding hydrogens is 1290 g/mol. The molecule has 2 aliphatic heterocycles. The highest BCUT2D eigenvalue weighted by atomic mass is 35.5. The first-order valence-corrected chi connectivity index (χ1v) is 32.9. The number of alkyl halides is 1. The number of anilines is 2. The van der Waals surface area contributed by atoms with Gasteiger partial charge in [-0.1, -0.05) is 50.2 Å². The van der Waals surface area contributed by atoms with Crippen LogP contribution in [0, 0.1) is 5.92 Å². The number of nitrogens with two attached hydrogens (primary N) is 1. The number of fused-ring (bicyclic) bond motifs is 4. The summed E-state index contributed by atoms with van der Waals surface area (Å²) in [7, 11) is 7.02. The fourth-order valence-corrected chi connectivity index (χ4v) is 10.7. The number of urea groups is 1. The van der Waals surface area contributed by atoms with Crippen LogP contribution in [0.3, 0.4) is 0 Å². The smallest absolute Gasteiger partial charge is 0.415 e. The van der Waals surface area contributed by atoms with E-state index in [0.717, 1.165) is 33.3 Å². The molecule has 2 aliphatic rings. The third-order valence-corrected chi connectivity index (χ3v) is 16.2. The molecular formula is C68H89ClN12O17. The number of imide groups is 1. The summed E-state index contributed by atoms with van der Waals surface area (Å²) in [4.78, 5) is 139. The standard InChI is InChI=1S/C68H89ClN12O17/c1-44(2)62(76-58(83)22-29-92-32-34-94-36-37-95-35-33-93-30-24-71-57(82)21-25-80-59(84)19-20-60(80)85)64(87)75-53(12-9-23-72-66(70)89)63(86)73-48-15-13-45(14-16-48)43-97-67(90)78(5)26-27-79(6)68(91)98-56-40-55-61(51-11-8-7-10-50(51)56)47(41-69)42-81(55)65(88)54-39-46-38-49(17-18-52(46)74-54)96-31-28-77(3)4/h7-8,10-11,13-20,38-40,44,47,53,62,74H,9,12,21-37,41-43H2,1-6H3,(H,71,82)(H,73,86)(H,75,87)(H,76,83)(H3,70,72,89)/t47-,53-,62+/m1/s1. The number of aromatic amines is 1. The first-order valence-electron chi connectivity index (χ1n) is 32.4. The Morgan fingerprint density at radius 2 is 1.35 bits per heavy atom. The van der Waals surface area contributed by atoms with Crippen LogP contribution in [0.5, 0.6) is 11.5 Å². The van der Waals surface area contributed by atoms with Crippen molar-refractivity contribution in [3.05, 3.63) is 108 Å². The second kappa shape index (κ2) is 38.5. The van der Waals surface area contributed by atoms with E-state index in [-0.39, 0.29) is 140 Å². The molecule has 0 saturated carbocycles. The number of carbonyl (C=O) groups excluding carboxylic acids is 10. The Kier molecular flexibility index (Phi) is 29.9. The summed E-state index contributed by atoms with van der Waals surface area (Å²) in [6.07, 6.45) is 1.26. The molecule has 0 unspecified atom stereocenters. The molecule has 0 aliphatic carbocycles. The van der Waals surface area contributed by atoms with Gasteiger partial charge >= 0.3 is 18.2 Å². The van der Waals surface area contributed by atoms with Crippen LogP contribution in [0.4, 0.5) is 25.8 Å². The highest BCUT2D eigenvalue weighted by Crippen LogP contribution is 2.46. The number of rotatable bonds is 40. The third kappa shape index (κ3) is 23.1. The van der Waals surface area contributed by atoms with E-state index < -0.39 is 59.8 Å². The van der Waals surface area contributed by atoms with Gasteiger partial charge in [0, 0.05) is 125 Å². The summed E-state index contributed by atoms with van der Waals surface area (Å²) in [5, 5.41) is 15.7. The number of halogens is 1. The van der Waals surface area contributed by atoms with Crippen molar-refractivity contribution >= 4 is 104 Å². The lowest BCUT2D eigenvalue weighted by Gasteiger charge is -2.25. The summed E-state index contributed by atoms with van der Waals surface area (Å²) in [6, 6.07) is 20.2. The predicted molar refractivity (Wildman–Crippen MR) is 365 cm³/mol. The van der Waals surface area contributed by atoms with Gasteiger partial charge in [-0.3, -0.25) is 38.5 Å². The molecule has 3 atom stereocenters. The molecule has 5 aromatic rings. The van der Waals surface area contributed by atoms with E-state index in [1.165, 1.54) is 29.0 Å². The Bertz CT molecular complexity index is 3590. The molecule has 530 valence electrons. The molecule has 30 heteroatoms. The van der Waals surface area contributed by atoms with E-state index in [1.54, 1.807) is 62.2 Å². The minimum absolute atomic E-state index is 0.00519. The lowest BCUT2D eigenvalue weighted by molar-refractivity contribution is -0.137.